The molecule has 3 aliphatic carbocycles. The molecule has 1 heterocycles. The van der Waals surface area contributed by atoms with E-state index in [1.54, 1.807) is 25.1 Å². The van der Waals surface area contributed by atoms with E-state index in [9.17, 15) is 33.0 Å². The second-order valence-corrected chi connectivity index (χ2v) is 13.6. The summed E-state index contributed by atoms with van der Waals surface area (Å²) in [4.78, 5) is 32.5. The van der Waals surface area contributed by atoms with Crippen LogP contribution in [0.5, 0.6) is 5.75 Å². The zero-order chi connectivity index (χ0) is 33.7. The Kier molecular flexibility index (Phi) is 9.49. The first-order chi connectivity index (χ1) is 21.6. The van der Waals surface area contributed by atoms with Crippen LogP contribution in [0.3, 0.4) is 0 Å². The van der Waals surface area contributed by atoms with Crippen molar-refractivity contribution in [3.05, 3.63) is 53.1 Å². The lowest BCUT2D eigenvalue weighted by Crippen LogP contribution is -2.62. The SMILES string of the molecule is CNC(=O)c1cc(-c2cccc(CN3O[C@@H](CO)[C@H]([C@H](C)O)[C@H]3C(=O)N[C@H]3C[C@H]4C[C@H]([C@@H]3C)C4(C)C)c2OC)cc(C(F)(F)F)c1. The normalized spacial score (nSPS) is 29.5. The predicted octanol–water partition coefficient (Wildman–Crippen LogP) is 4.40. The molecule has 0 aromatic heterocycles. The van der Waals surface area contributed by atoms with E-state index in [1.165, 1.54) is 25.3 Å². The number of fused-ring (bicyclic) bond motifs is 2. The number of rotatable bonds is 9. The number of hydrogen-bond acceptors (Lipinski definition) is 7. The summed E-state index contributed by atoms with van der Waals surface area (Å²) in [5.74, 6) is -0.228. The molecule has 2 amide bonds. The van der Waals surface area contributed by atoms with Crippen LogP contribution < -0.4 is 15.4 Å². The average molecular weight is 648 g/mol. The van der Waals surface area contributed by atoms with Crippen LogP contribution in [0.2, 0.25) is 0 Å². The number of carbonyl (C=O) groups excluding carboxylic acids is 2. The zero-order valence-electron chi connectivity index (χ0n) is 27.0. The number of para-hydroxylation sites is 1. The minimum Gasteiger partial charge on any atom is -0.496 e. The molecule has 46 heavy (non-hydrogen) atoms. The van der Waals surface area contributed by atoms with E-state index in [0.29, 0.717) is 23.0 Å². The molecule has 8 atom stereocenters. The van der Waals surface area contributed by atoms with Crippen LogP contribution in [-0.2, 0) is 22.4 Å². The number of benzene rings is 2. The van der Waals surface area contributed by atoms with Crippen molar-refractivity contribution in [2.45, 2.75) is 77.5 Å². The molecule has 1 saturated heterocycles. The Hall–Kier alpha value is -3.19. The summed E-state index contributed by atoms with van der Waals surface area (Å²) in [6.07, 6.45) is -4.54. The van der Waals surface area contributed by atoms with Gasteiger partial charge in [0.15, 0.2) is 0 Å². The first-order valence-corrected chi connectivity index (χ1v) is 15.8. The van der Waals surface area contributed by atoms with Gasteiger partial charge in [-0.3, -0.25) is 14.4 Å². The topological polar surface area (TPSA) is 120 Å². The molecular weight excluding hydrogens is 603 g/mol. The van der Waals surface area contributed by atoms with Crippen LogP contribution in [0.1, 0.15) is 62.0 Å². The number of hydrogen-bond donors (Lipinski definition) is 4. The molecule has 12 heteroatoms. The highest BCUT2D eigenvalue weighted by Gasteiger charge is 2.57. The predicted molar refractivity (Wildman–Crippen MR) is 164 cm³/mol. The molecule has 6 rings (SSSR count). The number of ether oxygens (including phenoxy) is 1. The van der Waals surface area contributed by atoms with Crippen molar-refractivity contribution >= 4 is 11.8 Å². The van der Waals surface area contributed by atoms with Gasteiger partial charge in [0.25, 0.3) is 5.91 Å². The molecular formula is C34H44F3N3O6. The number of nitrogens with zero attached hydrogens (tertiary/aromatic N) is 1. The van der Waals surface area contributed by atoms with Crippen molar-refractivity contribution < 1.29 is 42.5 Å². The zero-order valence-corrected chi connectivity index (χ0v) is 27.0. The highest BCUT2D eigenvalue weighted by molar-refractivity contribution is 5.96. The molecule has 0 unspecified atom stereocenters. The van der Waals surface area contributed by atoms with Crippen LogP contribution in [-0.4, -0.2) is 72.1 Å². The number of carbonyl (C=O) groups is 2. The van der Waals surface area contributed by atoms with Gasteiger partial charge in [0.2, 0.25) is 5.91 Å². The van der Waals surface area contributed by atoms with Gasteiger partial charge in [0.05, 0.1) is 31.9 Å². The van der Waals surface area contributed by atoms with Gasteiger partial charge in [0, 0.05) is 35.7 Å². The third-order valence-corrected chi connectivity index (χ3v) is 10.7. The summed E-state index contributed by atoms with van der Waals surface area (Å²) >= 11 is 0. The first-order valence-electron chi connectivity index (χ1n) is 15.8. The molecule has 0 spiro atoms. The fourth-order valence-electron chi connectivity index (χ4n) is 8.05. The number of aliphatic hydroxyl groups is 2. The molecule has 252 valence electrons. The van der Waals surface area contributed by atoms with E-state index in [1.807, 2.05) is 0 Å². The van der Waals surface area contributed by atoms with Crippen LogP contribution in [0.25, 0.3) is 11.1 Å². The maximum absolute atomic E-state index is 14.0. The molecule has 2 aromatic rings. The van der Waals surface area contributed by atoms with Gasteiger partial charge in [-0.25, -0.2) is 0 Å². The summed E-state index contributed by atoms with van der Waals surface area (Å²) in [6, 6.07) is 7.05. The summed E-state index contributed by atoms with van der Waals surface area (Å²) in [5, 5.41) is 28.0. The minimum atomic E-state index is -4.70. The Morgan fingerprint density at radius 3 is 2.48 bits per heavy atom. The van der Waals surface area contributed by atoms with Gasteiger partial charge in [-0.1, -0.05) is 39.0 Å². The van der Waals surface area contributed by atoms with Crippen molar-refractivity contribution in [1.29, 1.82) is 0 Å². The number of hydroxylamine groups is 2. The molecule has 2 aromatic carbocycles. The van der Waals surface area contributed by atoms with Gasteiger partial charge < -0.3 is 25.6 Å². The van der Waals surface area contributed by atoms with Crippen molar-refractivity contribution in [3.63, 3.8) is 0 Å². The van der Waals surface area contributed by atoms with Crippen molar-refractivity contribution in [2.24, 2.45) is 29.1 Å². The molecule has 9 nitrogen and oxygen atoms in total. The second-order valence-electron chi connectivity index (χ2n) is 13.6. The fourth-order valence-corrected chi connectivity index (χ4v) is 8.05. The van der Waals surface area contributed by atoms with Crippen molar-refractivity contribution in [1.82, 2.24) is 15.7 Å². The number of methoxy groups -OCH3 is 1. The summed E-state index contributed by atoms with van der Waals surface area (Å²) in [7, 11) is 2.72. The van der Waals surface area contributed by atoms with E-state index in [-0.39, 0.29) is 46.7 Å². The summed E-state index contributed by atoms with van der Waals surface area (Å²) in [6.45, 7) is 7.82. The van der Waals surface area contributed by atoms with Crippen LogP contribution in [0.4, 0.5) is 13.2 Å². The molecule has 1 aliphatic heterocycles. The quantitative estimate of drug-likeness (QED) is 0.319. The third-order valence-electron chi connectivity index (χ3n) is 10.7. The Bertz CT molecular complexity index is 1460. The average Bonchev–Trinajstić information content (AvgIpc) is 3.39. The van der Waals surface area contributed by atoms with Crippen molar-refractivity contribution in [2.75, 3.05) is 20.8 Å². The standard InChI is InChI=1S/C34H44F3N3O6/c1-17-25-13-22(33(25,3)4)14-26(17)39-32(44)29-28(18(2)42)27(16-41)46-40(29)15-19-8-7-9-24(30(19)45-6)20-10-21(31(43)38-5)12-23(11-20)34(35,36)37/h7-12,17-18,22,25-29,41-42H,13-16H2,1-6H3,(H,38,43)(H,39,44)/t17-,18-,22+,25+,26-,27-,28-,29-/m0/s1. The largest absolute Gasteiger partial charge is 0.496 e. The van der Waals surface area contributed by atoms with Gasteiger partial charge in [0.1, 0.15) is 17.9 Å². The monoisotopic (exact) mass is 647 g/mol. The molecule has 4 aliphatic rings. The Balaban J connectivity index is 1.48. The smallest absolute Gasteiger partial charge is 0.416 e. The molecule has 2 bridgehead atoms. The van der Waals surface area contributed by atoms with E-state index in [2.05, 4.69) is 31.4 Å². The lowest BCUT2D eigenvalue weighted by atomic mass is 9.45. The maximum atomic E-state index is 14.0. The van der Waals surface area contributed by atoms with Gasteiger partial charge in [-0.15, -0.1) is 0 Å². The Morgan fingerprint density at radius 1 is 1.20 bits per heavy atom. The number of nitrogens with one attached hydrogen (secondary N) is 2. The molecule has 4 fully saturated rings. The summed E-state index contributed by atoms with van der Waals surface area (Å²) in [5.41, 5.74) is -0.00207. The van der Waals surface area contributed by atoms with Gasteiger partial charge in [-0.05, 0) is 66.7 Å². The molecule has 3 saturated carbocycles. The number of alkyl halides is 3. The highest BCUT2D eigenvalue weighted by atomic mass is 19.4. The van der Waals surface area contributed by atoms with E-state index in [4.69, 9.17) is 9.57 Å². The van der Waals surface area contributed by atoms with E-state index in [0.717, 1.165) is 25.0 Å². The summed E-state index contributed by atoms with van der Waals surface area (Å²) < 4.78 is 47.3. The molecule has 0 radical (unpaired) electrons. The van der Waals surface area contributed by atoms with Crippen molar-refractivity contribution in [3.8, 4) is 16.9 Å². The lowest BCUT2D eigenvalue weighted by molar-refractivity contribution is -0.183. The highest BCUT2D eigenvalue weighted by Crippen LogP contribution is 2.61. The first kappa shape index (κ1) is 34.2. The lowest BCUT2D eigenvalue weighted by Gasteiger charge is -2.62. The number of amides is 2. The van der Waals surface area contributed by atoms with Gasteiger partial charge in [-0.2, -0.15) is 18.2 Å². The fraction of sp³-hybridized carbons (Fsp3) is 0.588. The van der Waals surface area contributed by atoms with Crippen LogP contribution >= 0.6 is 0 Å². The second kappa shape index (κ2) is 12.8. The van der Waals surface area contributed by atoms with E-state index < -0.39 is 48.4 Å². The minimum absolute atomic E-state index is 0.0331. The number of halogens is 3. The van der Waals surface area contributed by atoms with Gasteiger partial charge >= 0.3 is 6.18 Å². The Morgan fingerprint density at radius 2 is 1.91 bits per heavy atom. The molecule has 4 N–H and O–H groups in total. The van der Waals surface area contributed by atoms with Crippen LogP contribution in [0, 0.1) is 29.1 Å². The number of aliphatic hydroxyl groups excluding tert-OH is 2. The van der Waals surface area contributed by atoms with E-state index >= 15 is 0 Å². The van der Waals surface area contributed by atoms with Crippen LogP contribution in [0.15, 0.2) is 36.4 Å². The third kappa shape index (κ3) is 6.12. The maximum Gasteiger partial charge on any atom is 0.416 e. The Labute approximate surface area is 267 Å².